The molecule has 2 aromatic rings. The smallest absolute Gasteiger partial charge is 0.265 e. The number of likely N-dealkylation sites (N-methyl/N-ethyl adjacent to an activating group) is 1. The van der Waals surface area contributed by atoms with E-state index in [2.05, 4.69) is 5.32 Å². The summed E-state index contributed by atoms with van der Waals surface area (Å²) in [5, 5.41) is 2.81. The van der Waals surface area contributed by atoms with Gasteiger partial charge in [0.05, 0.1) is 5.69 Å². The zero-order valence-electron chi connectivity index (χ0n) is 16.0. The summed E-state index contributed by atoms with van der Waals surface area (Å²) in [7, 11) is 0. The number of fused-ring (bicyclic) bond motifs is 1. The molecule has 0 aromatic heterocycles. The Morgan fingerprint density at radius 3 is 2.50 bits per heavy atom. The van der Waals surface area contributed by atoms with Gasteiger partial charge in [0.25, 0.3) is 11.8 Å². The first-order chi connectivity index (χ1) is 13.5. The van der Waals surface area contributed by atoms with Crippen molar-refractivity contribution in [1.82, 2.24) is 4.90 Å². The van der Waals surface area contributed by atoms with Gasteiger partial charge in [-0.1, -0.05) is 18.2 Å². The highest BCUT2D eigenvalue weighted by Crippen LogP contribution is 2.34. The fraction of sp³-hybridized carbons (Fsp3) is 0.286. The molecule has 0 spiro atoms. The molecule has 0 atom stereocenters. The molecule has 1 aliphatic rings. The Morgan fingerprint density at radius 1 is 1.11 bits per heavy atom. The third-order valence-electron chi connectivity index (χ3n) is 4.61. The molecule has 2 aromatic carbocycles. The Morgan fingerprint density at radius 2 is 1.82 bits per heavy atom. The fourth-order valence-corrected chi connectivity index (χ4v) is 3.06. The van der Waals surface area contributed by atoms with Crippen LogP contribution in [-0.4, -0.2) is 48.9 Å². The SMILES string of the molecule is CCN(CC)C(=O)CN1C(=O)COc2ccc(NC(=O)c3ccccc3)cc21. The number of rotatable bonds is 6. The van der Waals surface area contributed by atoms with E-state index >= 15 is 0 Å². The minimum Gasteiger partial charge on any atom is -0.482 e. The number of anilines is 2. The van der Waals surface area contributed by atoms with Crippen LogP contribution in [0.5, 0.6) is 5.75 Å². The minimum atomic E-state index is -0.292. The molecule has 0 bridgehead atoms. The highest BCUT2D eigenvalue weighted by Gasteiger charge is 2.29. The molecule has 3 amide bonds. The van der Waals surface area contributed by atoms with Gasteiger partial charge in [0.1, 0.15) is 12.3 Å². The summed E-state index contributed by atoms with van der Waals surface area (Å²) in [5.74, 6) is -0.177. The number of nitrogens with zero attached hydrogens (tertiary/aromatic N) is 2. The lowest BCUT2D eigenvalue weighted by Crippen LogP contribution is -2.46. The second-order valence-electron chi connectivity index (χ2n) is 6.34. The van der Waals surface area contributed by atoms with Crippen LogP contribution in [0.3, 0.4) is 0 Å². The van der Waals surface area contributed by atoms with Crippen molar-refractivity contribution in [3.8, 4) is 5.75 Å². The van der Waals surface area contributed by atoms with Crippen molar-refractivity contribution in [1.29, 1.82) is 0 Å². The molecule has 7 heteroatoms. The van der Waals surface area contributed by atoms with Crippen molar-refractivity contribution < 1.29 is 19.1 Å². The van der Waals surface area contributed by atoms with Crippen LogP contribution in [0, 0.1) is 0 Å². The van der Waals surface area contributed by atoms with Gasteiger partial charge in [-0.25, -0.2) is 0 Å². The average molecular weight is 381 g/mol. The number of hydrogen-bond donors (Lipinski definition) is 1. The van der Waals surface area contributed by atoms with Gasteiger partial charge in [0.15, 0.2) is 6.61 Å². The standard InChI is InChI=1S/C21H23N3O4/c1-3-23(4-2)19(25)13-24-17-12-16(10-11-18(17)28-14-20(24)26)22-21(27)15-8-6-5-7-9-15/h5-12H,3-4,13-14H2,1-2H3,(H,22,27). The van der Waals surface area contributed by atoms with Crippen LogP contribution in [0.2, 0.25) is 0 Å². The first kappa shape index (κ1) is 19.4. The first-order valence-electron chi connectivity index (χ1n) is 9.24. The molecule has 1 aliphatic heterocycles. The van der Waals surface area contributed by atoms with Crippen LogP contribution in [0.1, 0.15) is 24.2 Å². The molecular weight excluding hydrogens is 358 g/mol. The summed E-state index contributed by atoms with van der Waals surface area (Å²) in [6.07, 6.45) is 0. The quantitative estimate of drug-likeness (QED) is 0.834. The van der Waals surface area contributed by atoms with Crippen molar-refractivity contribution in [2.24, 2.45) is 0 Å². The van der Waals surface area contributed by atoms with Crippen LogP contribution in [0.25, 0.3) is 0 Å². The summed E-state index contributed by atoms with van der Waals surface area (Å²) in [4.78, 5) is 40.4. The van der Waals surface area contributed by atoms with Gasteiger partial charge < -0.3 is 15.0 Å². The molecule has 0 unspecified atom stereocenters. The van der Waals surface area contributed by atoms with E-state index in [4.69, 9.17) is 4.74 Å². The molecule has 0 saturated heterocycles. The van der Waals surface area contributed by atoms with E-state index in [1.54, 1.807) is 47.4 Å². The maximum atomic E-state index is 12.5. The molecule has 0 fully saturated rings. The molecule has 0 aliphatic carbocycles. The Kier molecular flexibility index (Phi) is 5.93. The summed E-state index contributed by atoms with van der Waals surface area (Å²) in [6, 6.07) is 13.9. The lowest BCUT2D eigenvalue weighted by molar-refractivity contribution is -0.131. The number of carbonyl (C=O) groups excluding carboxylic acids is 3. The van der Waals surface area contributed by atoms with E-state index in [1.807, 2.05) is 19.9 Å². The van der Waals surface area contributed by atoms with Crippen LogP contribution >= 0.6 is 0 Å². The summed E-state index contributed by atoms with van der Waals surface area (Å²) >= 11 is 0. The monoisotopic (exact) mass is 381 g/mol. The van der Waals surface area contributed by atoms with Crippen molar-refractivity contribution in [3.05, 3.63) is 54.1 Å². The van der Waals surface area contributed by atoms with E-state index in [1.165, 1.54) is 4.90 Å². The van der Waals surface area contributed by atoms with E-state index < -0.39 is 0 Å². The number of ether oxygens (including phenoxy) is 1. The highest BCUT2D eigenvalue weighted by molar-refractivity contribution is 6.06. The van der Waals surface area contributed by atoms with Crippen LogP contribution < -0.4 is 15.0 Å². The molecule has 1 heterocycles. The molecular formula is C21H23N3O4. The molecule has 146 valence electrons. The third-order valence-corrected chi connectivity index (χ3v) is 4.61. The van der Waals surface area contributed by atoms with Crippen LogP contribution in [0.4, 0.5) is 11.4 Å². The van der Waals surface area contributed by atoms with Gasteiger partial charge >= 0.3 is 0 Å². The Balaban J connectivity index is 1.83. The van der Waals surface area contributed by atoms with E-state index in [9.17, 15) is 14.4 Å². The average Bonchev–Trinajstić information content (AvgIpc) is 2.72. The maximum Gasteiger partial charge on any atom is 0.265 e. The Bertz CT molecular complexity index is 878. The lowest BCUT2D eigenvalue weighted by Gasteiger charge is -2.31. The van der Waals surface area contributed by atoms with Crippen LogP contribution in [0.15, 0.2) is 48.5 Å². The van der Waals surface area contributed by atoms with Crippen molar-refractivity contribution in [2.45, 2.75) is 13.8 Å². The topological polar surface area (TPSA) is 79.0 Å². The Hall–Kier alpha value is -3.35. The second-order valence-corrected chi connectivity index (χ2v) is 6.34. The van der Waals surface area contributed by atoms with Gasteiger partial charge in [-0.15, -0.1) is 0 Å². The predicted molar refractivity (Wildman–Crippen MR) is 107 cm³/mol. The van der Waals surface area contributed by atoms with Crippen molar-refractivity contribution >= 4 is 29.1 Å². The molecule has 0 radical (unpaired) electrons. The van der Waals surface area contributed by atoms with Gasteiger partial charge in [-0.2, -0.15) is 0 Å². The van der Waals surface area contributed by atoms with Crippen molar-refractivity contribution in [3.63, 3.8) is 0 Å². The first-order valence-corrected chi connectivity index (χ1v) is 9.24. The zero-order chi connectivity index (χ0) is 20.1. The molecule has 3 rings (SSSR count). The predicted octanol–water partition coefficient (Wildman–Crippen LogP) is 2.53. The molecule has 7 nitrogen and oxygen atoms in total. The third kappa shape index (κ3) is 4.14. The number of carbonyl (C=O) groups is 3. The van der Waals surface area contributed by atoms with Crippen LogP contribution in [-0.2, 0) is 9.59 Å². The Labute approximate surface area is 163 Å². The summed E-state index contributed by atoms with van der Waals surface area (Å²) < 4.78 is 5.48. The number of benzene rings is 2. The summed E-state index contributed by atoms with van der Waals surface area (Å²) in [6.45, 7) is 4.77. The molecule has 0 saturated carbocycles. The minimum absolute atomic E-state index is 0.0625. The van der Waals surface area contributed by atoms with Crippen molar-refractivity contribution in [2.75, 3.05) is 36.5 Å². The zero-order valence-corrected chi connectivity index (χ0v) is 16.0. The van der Waals surface area contributed by atoms with Gasteiger partial charge in [0.2, 0.25) is 5.91 Å². The second kappa shape index (κ2) is 8.56. The number of nitrogens with one attached hydrogen (secondary N) is 1. The fourth-order valence-electron chi connectivity index (χ4n) is 3.06. The molecule has 28 heavy (non-hydrogen) atoms. The highest BCUT2D eigenvalue weighted by atomic mass is 16.5. The maximum absolute atomic E-state index is 12.5. The molecule has 1 N–H and O–H groups in total. The van der Waals surface area contributed by atoms with Gasteiger partial charge in [-0.3, -0.25) is 19.3 Å². The van der Waals surface area contributed by atoms with E-state index in [0.29, 0.717) is 35.8 Å². The number of amides is 3. The largest absolute Gasteiger partial charge is 0.482 e. The van der Waals surface area contributed by atoms with E-state index in [0.717, 1.165) is 0 Å². The summed E-state index contributed by atoms with van der Waals surface area (Å²) in [5.41, 5.74) is 1.52. The lowest BCUT2D eigenvalue weighted by atomic mass is 10.1. The van der Waals surface area contributed by atoms with E-state index in [-0.39, 0.29) is 30.9 Å². The normalized spacial score (nSPS) is 12.8. The van der Waals surface area contributed by atoms with Gasteiger partial charge in [-0.05, 0) is 44.2 Å². The van der Waals surface area contributed by atoms with Gasteiger partial charge in [0, 0.05) is 24.3 Å². The number of hydrogen-bond acceptors (Lipinski definition) is 4.